The normalized spacial score (nSPS) is 12.0. The van der Waals surface area contributed by atoms with Crippen molar-refractivity contribution >= 4 is 6.29 Å². The predicted molar refractivity (Wildman–Crippen MR) is 78.9 cm³/mol. The molecule has 0 aliphatic heterocycles. The molecule has 0 fully saturated rings. The summed E-state index contributed by atoms with van der Waals surface area (Å²) in [5.41, 5.74) is 3.03. The lowest BCUT2D eigenvalue weighted by atomic mass is 10.1. The fraction of sp³-hybridized carbons (Fsp3) is 0.125. The minimum absolute atomic E-state index is 0.0180. The third-order valence-corrected chi connectivity index (χ3v) is 3.43. The highest BCUT2D eigenvalue weighted by atomic mass is 16.1. The smallest absolute Gasteiger partial charge is 0.172 e. The molecule has 5 heteroatoms. The van der Waals surface area contributed by atoms with E-state index in [4.69, 9.17) is 0 Å². The van der Waals surface area contributed by atoms with Crippen molar-refractivity contribution in [2.45, 2.75) is 13.0 Å². The molecule has 3 rings (SSSR count). The van der Waals surface area contributed by atoms with Crippen molar-refractivity contribution < 1.29 is 4.79 Å². The van der Waals surface area contributed by atoms with Crippen LogP contribution in [-0.4, -0.2) is 26.3 Å². The quantitative estimate of drug-likeness (QED) is 0.688. The van der Waals surface area contributed by atoms with Crippen LogP contribution in [0, 0.1) is 0 Å². The molecule has 0 aliphatic carbocycles. The Balaban J connectivity index is 2.12. The summed E-state index contributed by atoms with van der Waals surface area (Å²) in [6.45, 7) is 2.03. The number of nitrogens with zero attached hydrogens (tertiary/aromatic N) is 4. The van der Waals surface area contributed by atoms with Gasteiger partial charge < -0.3 is 0 Å². The Morgan fingerprint density at radius 1 is 1.10 bits per heavy atom. The van der Waals surface area contributed by atoms with Crippen molar-refractivity contribution in [2.24, 2.45) is 0 Å². The van der Waals surface area contributed by atoms with E-state index in [0.29, 0.717) is 11.4 Å². The first-order valence-electron chi connectivity index (χ1n) is 6.67. The van der Waals surface area contributed by atoms with E-state index in [0.717, 1.165) is 17.4 Å². The van der Waals surface area contributed by atoms with Crippen LogP contribution in [0.25, 0.3) is 11.3 Å². The molecule has 0 saturated carbocycles. The van der Waals surface area contributed by atoms with Crippen molar-refractivity contribution in [3.05, 3.63) is 66.1 Å². The van der Waals surface area contributed by atoms with Gasteiger partial charge in [-0.15, -0.1) is 5.10 Å². The second-order valence-electron chi connectivity index (χ2n) is 4.71. The maximum absolute atomic E-state index is 11.2. The molecule has 2 heterocycles. The lowest BCUT2D eigenvalue weighted by Gasteiger charge is -2.15. The number of hydrogen-bond donors (Lipinski definition) is 0. The van der Waals surface area contributed by atoms with Crippen LogP contribution in [0.1, 0.15) is 29.0 Å². The maximum atomic E-state index is 11.2. The Labute approximate surface area is 122 Å². The third-order valence-electron chi connectivity index (χ3n) is 3.43. The zero-order chi connectivity index (χ0) is 14.7. The van der Waals surface area contributed by atoms with Gasteiger partial charge >= 0.3 is 0 Å². The monoisotopic (exact) mass is 278 g/mol. The Bertz CT molecular complexity index is 737. The first-order valence-corrected chi connectivity index (χ1v) is 6.67. The van der Waals surface area contributed by atoms with Crippen LogP contribution in [0.3, 0.4) is 0 Å². The van der Waals surface area contributed by atoms with Crippen LogP contribution in [0.4, 0.5) is 0 Å². The second-order valence-corrected chi connectivity index (χ2v) is 4.71. The number of pyridine rings is 1. The summed E-state index contributed by atoms with van der Waals surface area (Å²) in [4.78, 5) is 15.2. The summed E-state index contributed by atoms with van der Waals surface area (Å²) in [7, 11) is 0. The fourth-order valence-electron chi connectivity index (χ4n) is 2.32. The van der Waals surface area contributed by atoms with Gasteiger partial charge in [-0.1, -0.05) is 35.5 Å². The molecule has 0 saturated heterocycles. The molecule has 1 atom stereocenters. The number of rotatable bonds is 4. The standard InChI is InChI=1S/C16H14N4O/c1-12(13-5-3-2-4-6-13)20-16(15(11-21)18-19-20)14-7-9-17-10-8-14/h2-12H,1H3. The average Bonchev–Trinajstić information content (AvgIpc) is 2.99. The van der Waals surface area contributed by atoms with Gasteiger partial charge in [0.15, 0.2) is 12.0 Å². The highest BCUT2D eigenvalue weighted by Crippen LogP contribution is 2.26. The van der Waals surface area contributed by atoms with Crippen LogP contribution in [0.2, 0.25) is 0 Å². The van der Waals surface area contributed by atoms with Gasteiger partial charge in [0.25, 0.3) is 0 Å². The largest absolute Gasteiger partial charge is 0.296 e. The van der Waals surface area contributed by atoms with Crippen LogP contribution < -0.4 is 0 Å². The summed E-state index contributed by atoms with van der Waals surface area (Å²) in [5, 5.41) is 8.14. The Kier molecular flexibility index (Phi) is 3.55. The van der Waals surface area contributed by atoms with Gasteiger partial charge in [-0.05, 0) is 24.6 Å². The van der Waals surface area contributed by atoms with Crippen LogP contribution in [0.15, 0.2) is 54.9 Å². The van der Waals surface area contributed by atoms with Crippen LogP contribution in [-0.2, 0) is 0 Å². The highest BCUT2D eigenvalue weighted by molar-refractivity contribution is 5.83. The topological polar surface area (TPSA) is 60.7 Å². The molecule has 0 bridgehead atoms. The molecular formula is C16H14N4O. The molecule has 2 aromatic heterocycles. The number of aldehydes is 1. The van der Waals surface area contributed by atoms with Gasteiger partial charge in [0, 0.05) is 18.0 Å². The van der Waals surface area contributed by atoms with Gasteiger partial charge in [0.2, 0.25) is 0 Å². The van der Waals surface area contributed by atoms with Crippen molar-refractivity contribution in [1.29, 1.82) is 0 Å². The van der Waals surface area contributed by atoms with Crippen molar-refractivity contribution in [3.8, 4) is 11.3 Å². The molecule has 1 unspecified atom stereocenters. The summed E-state index contributed by atoms with van der Waals surface area (Å²) < 4.78 is 1.77. The Hall–Kier alpha value is -2.82. The van der Waals surface area contributed by atoms with Gasteiger partial charge in [0.1, 0.15) is 5.69 Å². The minimum atomic E-state index is -0.0180. The molecule has 5 nitrogen and oxygen atoms in total. The Morgan fingerprint density at radius 3 is 2.48 bits per heavy atom. The van der Waals surface area contributed by atoms with Crippen LogP contribution >= 0.6 is 0 Å². The van der Waals surface area contributed by atoms with Gasteiger partial charge in [-0.25, -0.2) is 4.68 Å². The lowest BCUT2D eigenvalue weighted by Crippen LogP contribution is -2.10. The molecule has 0 amide bonds. The van der Waals surface area contributed by atoms with Crippen molar-refractivity contribution in [1.82, 2.24) is 20.0 Å². The summed E-state index contributed by atoms with van der Waals surface area (Å²) in [6, 6.07) is 13.7. The van der Waals surface area contributed by atoms with E-state index in [1.807, 2.05) is 49.4 Å². The second kappa shape index (κ2) is 5.66. The van der Waals surface area contributed by atoms with E-state index in [2.05, 4.69) is 15.3 Å². The average molecular weight is 278 g/mol. The van der Waals surface area contributed by atoms with Gasteiger partial charge in [-0.2, -0.15) is 0 Å². The molecule has 104 valence electrons. The molecule has 3 aromatic rings. The van der Waals surface area contributed by atoms with Gasteiger partial charge in [-0.3, -0.25) is 9.78 Å². The number of benzene rings is 1. The van der Waals surface area contributed by atoms with Crippen LogP contribution in [0.5, 0.6) is 0 Å². The fourth-order valence-corrected chi connectivity index (χ4v) is 2.32. The zero-order valence-electron chi connectivity index (χ0n) is 11.5. The SMILES string of the molecule is CC(c1ccccc1)n1nnc(C=O)c1-c1ccncc1. The zero-order valence-corrected chi connectivity index (χ0v) is 11.5. The molecule has 0 N–H and O–H groups in total. The maximum Gasteiger partial charge on any atom is 0.172 e. The van der Waals surface area contributed by atoms with E-state index in [1.165, 1.54) is 0 Å². The van der Waals surface area contributed by atoms with E-state index < -0.39 is 0 Å². The molecular weight excluding hydrogens is 264 g/mol. The van der Waals surface area contributed by atoms with Crippen molar-refractivity contribution in [2.75, 3.05) is 0 Å². The van der Waals surface area contributed by atoms with E-state index in [-0.39, 0.29) is 6.04 Å². The molecule has 0 aliphatic rings. The van der Waals surface area contributed by atoms with E-state index >= 15 is 0 Å². The molecule has 1 aromatic carbocycles. The van der Waals surface area contributed by atoms with Gasteiger partial charge in [0.05, 0.1) is 6.04 Å². The predicted octanol–water partition coefficient (Wildman–Crippen LogP) is 2.76. The number of aromatic nitrogens is 4. The molecule has 0 spiro atoms. The molecule has 21 heavy (non-hydrogen) atoms. The first kappa shape index (κ1) is 13.2. The molecule has 0 radical (unpaired) electrons. The van der Waals surface area contributed by atoms with E-state index in [9.17, 15) is 4.79 Å². The number of hydrogen-bond acceptors (Lipinski definition) is 4. The number of carbonyl (C=O) groups excluding carboxylic acids is 1. The lowest BCUT2D eigenvalue weighted by molar-refractivity contribution is 0.111. The highest BCUT2D eigenvalue weighted by Gasteiger charge is 2.19. The number of carbonyl (C=O) groups is 1. The Morgan fingerprint density at radius 2 is 1.81 bits per heavy atom. The minimum Gasteiger partial charge on any atom is -0.296 e. The summed E-state index contributed by atoms with van der Waals surface area (Å²) in [5.74, 6) is 0. The summed E-state index contributed by atoms with van der Waals surface area (Å²) in [6.07, 6.45) is 4.11. The van der Waals surface area contributed by atoms with Crippen molar-refractivity contribution in [3.63, 3.8) is 0 Å². The summed E-state index contributed by atoms with van der Waals surface area (Å²) >= 11 is 0. The van der Waals surface area contributed by atoms with E-state index in [1.54, 1.807) is 17.1 Å². The third kappa shape index (κ3) is 2.45. The first-order chi connectivity index (χ1) is 10.3.